The van der Waals surface area contributed by atoms with Crippen molar-refractivity contribution in [1.82, 2.24) is 4.90 Å². The monoisotopic (exact) mass is 344 g/mol. The molecule has 1 atom stereocenters. The van der Waals surface area contributed by atoms with E-state index in [0.29, 0.717) is 23.9 Å². The fourth-order valence-corrected chi connectivity index (χ4v) is 3.02. The molecule has 1 N–H and O–H groups in total. The Morgan fingerprint density at radius 2 is 1.96 bits per heavy atom. The lowest BCUT2D eigenvalue weighted by Gasteiger charge is -2.45. The van der Waals surface area contributed by atoms with E-state index < -0.39 is 0 Å². The molecule has 3 rings (SSSR count). The average Bonchev–Trinajstić information content (AvgIpc) is 2.55. The fraction of sp³-hybridized carbons (Fsp3) is 0.316. The second-order valence-electron chi connectivity index (χ2n) is 6.57. The van der Waals surface area contributed by atoms with E-state index >= 15 is 0 Å². The second kappa shape index (κ2) is 6.83. The third-order valence-electron chi connectivity index (χ3n) is 4.21. The zero-order chi connectivity index (χ0) is 17.2. The summed E-state index contributed by atoms with van der Waals surface area (Å²) >= 11 is 5.99. The van der Waals surface area contributed by atoms with Crippen LogP contribution in [0.2, 0.25) is 5.02 Å². The largest absolute Gasteiger partial charge is 0.369 e. The van der Waals surface area contributed by atoms with E-state index in [1.54, 1.807) is 12.1 Å². The molecule has 1 aliphatic rings. The Bertz CT molecular complexity index is 718. The molecule has 1 aliphatic heterocycles. The highest BCUT2D eigenvalue weighted by Crippen LogP contribution is 2.31. The summed E-state index contributed by atoms with van der Waals surface area (Å²) in [5.74, 6) is 0. The number of urea groups is 1. The summed E-state index contributed by atoms with van der Waals surface area (Å²) in [6.07, 6.45) is -0.121. The number of halogens is 1. The fourth-order valence-electron chi connectivity index (χ4n) is 2.83. The number of carbonyl (C=O) groups excluding carboxylic acids is 1. The molecule has 24 heavy (non-hydrogen) atoms. The summed E-state index contributed by atoms with van der Waals surface area (Å²) in [5.41, 5.74) is 1.38. The van der Waals surface area contributed by atoms with E-state index in [1.807, 2.05) is 61.2 Å². The highest BCUT2D eigenvalue weighted by atomic mass is 35.5. The third kappa shape index (κ3) is 3.71. The molecular formula is C19H21ClN2O2. The number of morpholine rings is 1. The van der Waals surface area contributed by atoms with Crippen molar-refractivity contribution in [1.29, 1.82) is 0 Å². The number of rotatable bonds is 2. The minimum atomic E-state index is -0.381. The van der Waals surface area contributed by atoms with Crippen LogP contribution in [0.25, 0.3) is 0 Å². The molecule has 2 aromatic carbocycles. The molecular weight excluding hydrogens is 324 g/mol. The van der Waals surface area contributed by atoms with Crippen LogP contribution >= 0.6 is 11.6 Å². The number of nitrogens with one attached hydrogen (secondary N) is 1. The van der Waals surface area contributed by atoms with Gasteiger partial charge in [0, 0.05) is 10.7 Å². The van der Waals surface area contributed by atoms with Crippen molar-refractivity contribution in [3.05, 3.63) is 65.2 Å². The molecule has 2 amide bonds. The number of nitrogens with zero attached hydrogens (tertiary/aromatic N) is 1. The van der Waals surface area contributed by atoms with Crippen molar-refractivity contribution in [3.63, 3.8) is 0 Å². The highest BCUT2D eigenvalue weighted by molar-refractivity contribution is 6.30. The first kappa shape index (κ1) is 16.8. The lowest BCUT2D eigenvalue weighted by molar-refractivity contribution is -0.0783. The molecule has 0 saturated carbocycles. The predicted molar refractivity (Wildman–Crippen MR) is 96.4 cm³/mol. The molecule has 126 valence electrons. The number of carbonyl (C=O) groups is 1. The van der Waals surface area contributed by atoms with Gasteiger partial charge in [-0.15, -0.1) is 0 Å². The van der Waals surface area contributed by atoms with Crippen LogP contribution in [0.3, 0.4) is 0 Å². The summed E-state index contributed by atoms with van der Waals surface area (Å²) in [6, 6.07) is 17.0. The van der Waals surface area contributed by atoms with Gasteiger partial charge in [0.1, 0.15) is 6.10 Å². The van der Waals surface area contributed by atoms with Crippen LogP contribution in [-0.2, 0) is 4.74 Å². The van der Waals surface area contributed by atoms with Gasteiger partial charge in [-0.05, 0) is 37.6 Å². The first-order valence-corrected chi connectivity index (χ1v) is 8.34. The predicted octanol–water partition coefficient (Wildman–Crippen LogP) is 4.72. The summed E-state index contributed by atoms with van der Waals surface area (Å²) in [7, 11) is 0. The van der Waals surface area contributed by atoms with Gasteiger partial charge in [0.25, 0.3) is 0 Å². The number of ether oxygens (including phenoxy) is 1. The average molecular weight is 345 g/mol. The molecule has 0 bridgehead atoms. The standard InChI is InChI=1S/C19H21ClN2O2/c1-19(2)13-24-17(14-7-4-3-5-8-14)12-22(19)18(23)21-16-10-6-9-15(20)11-16/h3-11,17H,12-13H2,1-2H3,(H,21,23). The minimum absolute atomic E-state index is 0.121. The SMILES string of the molecule is CC1(C)COC(c2ccccc2)CN1C(=O)Nc1cccc(Cl)c1. The van der Waals surface area contributed by atoms with Gasteiger partial charge in [-0.2, -0.15) is 0 Å². The molecule has 0 radical (unpaired) electrons. The van der Waals surface area contributed by atoms with Gasteiger partial charge in [-0.1, -0.05) is 48.0 Å². The minimum Gasteiger partial charge on any atom is -0.369 e. The van der Waals surface area contributed by atoms with Crippen LogP contribution in [0.15, 0.2) is 54.6 Å². The van der Waals surface area contributed by atoms with Crippen LogP contribution < -0.4 is 5.32 Å². The molecule has 2 aromatic rings. The Morgan fingerprint density at radius 1 is 1.21 bits per heavy atom. The Morgan fingerprint density at radius 3 is 2.67 bits per heavy atom. The first-order valence-electron chi connectivity index (χ1n) is 7.96. The van der Waals surface area contributed by atoms with E-state index in [9.17, 15) is 4.79 Å². The van der Waals surface area contributed by atoms with Crippen LogP contribution in [0.4, 0.5) is 10.5 Å². The van der Waals surface area contributed by atoms with Crippen molar-refractivity contribution < 1.29 is 9.53 Å². The van der Waals surface area contributed by atoms with E-state index in [0.717, 1.165) is 5.56 Å². The second-order valence-corrected chi connectivity index (χ2v) is 7.01. The maximum Gasteiger partial charge on any atom is 0.322 e. The number of hydrogen-bond acceptors (Lipinski definition) is 2. The molecule has 0 spiro atoms. The number of amides is 2. The van der Waals surface area contributed by atoms with Crippen LogP contribution in [-0.4, -0.2) is 29.6 Å². The smallest absolute Gasteiger partial charge is 0.322 e. The Kier molecular flexibility index (Phi) is 4.78. The van der Waals surface area contributed by atoms with Gasteiger partial charge in [0.15, 0.2) is 0 Å². The van der Waals surface area contributed by atoms with Crippen LogP contribution in [0.1, 0.15) is 25.5 Å². The Labute approximate surface area is 147 Å². The topological polar surface area (TPSA) is 41.6 Å². The molecule has 4 nitrogen and oxygen atoms in total. The van der Waals surface area contributed by atoms with Crippen molar-refractivity contribution in [2.24, 2.45) is 0 Å². The lowest BCUT2D eigenvalue weighted by Crippen LogP contribution is -2.57. The highest BCUT2D eigenvalue weighted by Gasteiger charge is 2.38. The van der Waals surface area contributed by atoms with Gasteiger partial charge in [0.05, 0.1) is 18.7 Å². The van der Waals surface area contributed by atoms with Gasteiger partial charge in [-0.25, -0.2) is 4.79 Å². The summed E-state index contributed by atoms with van der Waals surface area (Å²) in [4.78, 5) is 14.6. The summed E-state index contributed by atoms with van der Waals surface area (Å²) in [6.45, 7) is 5.00. The summed E-state index contributed by atoms with van der Waals surface area (Å²) < 4.78 is 5.99. The van der Waals surface area contributed by atoms with Gasteiger partial charge < -0.3 is 15.0 Å². The van der Waals surface area contributed by atoms with Crippen molar-refractivity contribution in [3.8, 4) is 0 Å². The van der Waals surface area contributed by atoms with E-state index in [4.69, 9.17) is 16.3 Å². The van der Waals surface area contributed by atoms with Crippen molar-refractivity contribution in [2.75, 3.05) is 18.5 Å². The van der Waals surface area contributed by atoms with Gasteiger partial charge >= 0.3 is 6.03 Å². The molecule has 5 heteroatoms. The molecule has 1 saturated heterocycles. The number of benzene rings is 2. The molecule has 0 aliphatic carbocycles. The van der Waals surface area contributed by atoms with Crippen LogP contribution in [0.5, 0.6) is 0 Å². The van der Waals surface area contributed by atoms with E-state index in [2.05, 4.69) is 5.32 Å². The molecule has 1 unspecified atom stereocenters. The molecule has 0 aromatic heterocycles. The number of hydrogen-bond donors (Lipinski definition) is 1. The molecule has 1 fully saturated rings. The molecule has 1 heterocycles. The summed E-state index contributed by atoms with van der Waals surface area (Å²) in [5, 5.41) is 3.52. The Hall–Kier alpha value is -2.04. The Balaban J connectivity index is 1.77. The first-order chi connectivity index (χ1) is 11.5. The van der Waals surface area contributed by atoms with Crippen molar-refractivity contribution in [2.45, 2.75) is 25.5 Å². The van der Waals surface area contributed by atoms with Gasteiger partial charge in [-0.3, -0.25) is 0 Å². The normalized spacial score (nSPS) is 19.8. The van der Waals surface area contributed by atoms with Gasteiger partial charge in [0.2, 0.25) is 0 Å². The van der Waals surface area contributed by atoms with E-state index in [-0.39, 0.29) is 17.7 Å². The van der Waals surface area contributed by atoms with Crippen LogP contribution in [0, 0.1) is 0 Å². The zero-order valence-corrected chi connectivity index (χ0v) is 14.6. The quantitative estimate of drug-likeness (QED) is 0.856. The maximum absolute atomic E-state index is 12.8. The maximum atomic E-state index is 12.8. The third-order valence-corrected chi connectivity index (χ3v) is 4.44. The zero-order valence-electron chi connectivity index (χ0n) is 13.8. The lowest BCUT2D eigenvalue weighted by atomic mass is 9.98. The van der Waals surface area contributed by atoms with Crippen molar-refractivity contribution >= 4 is 23.3 Å². The number of anilines is 1. The van der Waals surface area contributed by atoms with E-state index in [1.165, 1.54) is 0 Å².